The van der Waals surface area contributed by atoms with E-state index in [2.05, 4.69) is 4.90 Å². The van der Waals surface area contributed by atoms with Gasteiger partial charge in [-0.2, -0.15) is 0 Å². The van der Waals surface area contributed by atoms with Crippen LogP contribution in [0.3, 0.4) is 0 Å². The Labute approximate surface area is 105 Å². The van der Waals surface area contributed by atoms with Crippen LogP contribution in [0.15, 0.2) is 0 Å². The van der Waals surface area contributed by atoms with Crippen molar-refractivity contribution in [2.45, 2.75) is 44.2 Å². The third-order valence-corrected chi connectivity index (χ3v) is 5.15. The maximum absolute atomic E-state index is 6.29. The molecule has 3 heteroatoms. The minimum atomic E-state index is 0.459. The smallest absolute Gasteiger partial charge is 0.0620 e. The maximum atomic E-state index is 6.29. The molecule has 2 saturated carbocycles. The van der Waals surface area contributed by atoms with Crippen molar-refractivity contribution >= 4 is 0 Å². The molecule has 98 valence electrons. The molecule has 3 nitrogen and oxygen atoms in total. The summed E-state index contributed by atoms with van der Waals surface area (Å²) in [6.45, 7) is 3.43. The Kier molecular flexibility index (Phi) is 3.42. The van der Waals surface area contributed by atoms with Crippen molar-refractivity contribution in [1.29, 1.82) is 0 Å². The van der Waals surface area contributed by atoms with Gasteiger partial charge in [0.05, 0.1) is 6.61 Å². The summed E-state index contributed by atoms with van der Waals surface area (Å²) < 4.78 is 5.42. The predicted molar refractivity (Wildman–Crippen MR) is 68.8 cm³/mol. The van der Waals surface area contributed by atoms with Crippen molar-refractivity contribution in [2.24, 2.45) is 23.5 Å². The molecule has 0 aromatic carbocycles. The van der Waals surface area contributed by atoms with E-state index in [-0.39, 0.29) is 0 Å². The van der Waals surface area contributed by atoms with Crippen LogP contribution in [0, 0.1) is 17.8 Å². The summed E-state index contributed by atoms with van der Waals surface area (Å²) in [6.07, 6.45) is 6.80. The Morgan fingerprint density at radius 1 is 1.24 bits per heavy atom. The summed E-state index contributed by atoms with van der Waals surface area (Å²) in [5, 5.41) is 0. The lowest BCUT2D eigenvalue weighted by Crippen LogP contribution is -2.40. The number of rotatable bonds is 4. The van der Waals surface area contributed by atoms with Gasteiger partial charge in [-0.25, -0.2) is 0 Å². The second kappa shape index (κ2) is 4.87. The summed E-state index contributed by atoms with van der Waals surface area (Å²) in [5.74, 6) is 2.55. The highest BCUT2D eigenvalue weighted by Gasteiger charge is 2.44. The first-order valence-electron chi connectivity index (χ1n) is 7.28. The van der Waals surface area contributed by atoms with E-state index in [4.69, 9.17) is 10.5 Å². The SMILES string of the molecule is COCC(C1CC1)N1CC2CCCC(N)C2C1. The number of likely N-dealkylation sites (tertiary alicyclic amines) is 1. The van der Waals surface area contributed by atoms with Gasteiger partial charge in [0.2, 0.25) is 0 Å². The van der Waals surface area contributed by atoms with E-state index < -0.39 is 0 Å². The fraction of sp³-hybridized carbons (Fsp3) is 1.00. The molecule has 0 bridgehead atoms. The molecule has 3 rings (SSSR count). The molecule has 4 unspecified atom stereocenters. The molecular weight excluding hydrogens is 212 g/mol. The average Bonchev–Trinajstić information content (AvgIpc) is 3.05. The molecule has 0 radical (unpaired) electrons. The lowest BCUT2D eigenvalue weighted by molar-refractivity contribution is 0.0889. The van der Waals surface area contributed by atoms with Crippen LogP contribution >= 0.6 is 0 Å². The molecule has 2 aliphatic carbocycles. The molecule has 0 amide bonds. The largest absolute Gasteiger partial charge is 0.383 e. The summed E-state index contributed by atoms with van der Waals surface area (Å²) in [6, 6.07) is 1.14. The molecule has 3 aliphatic rings. The zero-order chi connectivity index (χ0) is 11.8. The van der Waals surface area contributed by atoms with Gasteiger partial charge in [0.15, 0.2) is 0 Å². The molecule has 1 heterocycles. The van der Waals surface area contributed by atoms with Crippen molar-refractivity contribution in [1.82, 2.24) is 4.90 Å². The van der Waals surface area contributed by atoms with Crippen molar-refractivity contribution in [2.75, 3.05) is 26.8 Å². The van der Waals surface area contributed by atoms with Crippen LogP contribution in [0.1, 0.15) is 32.1 Å². The van der Waals surface area contributed by atoms with Gasteiger partial charge < -0.3 is 10.5 Å². The Bertz CT molecular complexity index is 267. The van der Waals surface area contributed by atoms with Crippen LogP contribution in [0.2, 0.25) is 0 Å². The Morgan fingerprint density at radius 3 is 2.71 bits per heavy atom. The fourth-order valence-corrected chi connectivity index (χ4v) is 4.01. The van der Waals surface area contributed by atoms with Crippen LogP contribution < -0.4 is 5.73 Å². The molecule has 1 saturated heterocycles. The Hall–Kier alpha value is -0.120. The molecule has 1 aliphatic heterocycles. The first-order valence-corrected chi connectivity index (χ1v) is 7.28. The summed E-state index contributed by atoms with van der Waals surface area (Å²) in [5.41, 5.74) is 6.29. The molecule has 3 fully saturated rings. The van der Waals surface area contributed by atoms with Gasteiger partial charge in [-0.15, -0.1) is 0 Å². The van der Waals surface area contributed by atoms with E-state index in [0.717, 1.165) is 24.4 Å². The first-order chi connectivity index (χ1) is 8.29. The maximum Gasteiger partial charge on any atom is 0.0620 e. The van der Waals surface area contributed by atoms with E-state index >= 15 is 0 Å². The lowest BCUT2D eigenvalue weighted by atomic mass is 9.78. The van der Waals surface area contributed by atoms with Crippen LogP contribution in [0.25, 0.3) is 0 Å². The van der Waals surface area contributed by atoms with Gasteiger partial charge in [0, 0.05) is 32.3 Å². The zero-order valence-electron chi connectivity index (χ0n) is 11.0. The molecular formula is C14H26N2O. The lowest BCUT2D eigenvalue weighted by Gasteiger charge is -2.30. The monoisotopic (exact) mass is 238 g/mol. The third kappa shape index (κ3) is 2.38. The van der Waals surface area contributed by atoms with Gasteiger partial charge in [0.25, 0.3) is 0 Å². The second-order valence-corrected chi connectivity index (χ2v) is 6.33. The highest BCUT2D eigenvalue weighted by Crippen LogP contribution is 2.41. The van der Waals surface area contributed by atoms with Gasteiger partial charge >= 0.3 is 0 Å². The van der Waals surface area contributed by atoms with Gasteiger partial charge in [-0.05, 0) is 43.4 Å². The van der Waals surface area contributed by atoms with E-state index in [1.54, 1.807) is 0 Å². The number of nitrogens with two attached hydrogens (primary N) is 1. The van der Waals surface area contributed by atoms with Gasteiger partial charge in [0.1, 0.15) is 0 Å². The Morgan fingerprint density at radius 2 is 2.06 bits per heavy atom. The van der Waals surface area contributed by atoms with E-state index in [9.17, 15) is 0 Å². The number of hydrogen-bond acceptors (Lipinski definition) is 3. The molecule has 0 spiro atoms. The number of fused-ring (bicyclic) bond motifs is 1. The summed E-state index contributed by atoms with van der Waals surface area (Å²) >= 11 is 0. The topological polar surface area (TPSA) is 38.5 Å². The van der Waals surface area contributed by atoms with E-state index in [1.807, 2.05) is 7.11 Å². The summed E-state index contributed by atoms with van der Waals surface area (Å²) in [4.78, 5) is 2.70. The second-order valence-electron chi connectivity index (χ2n) is 6.33. The van der Waals surface area contributed by atoms with Crippen molar-refractivity contribution in [3.05, 3.63) is 0 Å². The van der Waals surface area contributed by atoms with Crippen molar-refractivity contribution < 1.29 is 4.74 Å². The molecule has 4 atom stereocenters. The first kappa shape index (κ1) is 11.9. The molecule has 17 heavy (non-hydrogen) atoms. The standard InChI is InChI=1S/C14H26N2O/c1-17-9-14(10-5-6-10)16-7-11-3-2-4-13(15)12(11)8-16/h10-14H,2-9,15H2,1H3. The van der Waals surface area contributed by atoms with Gasteiger partial charge in [-0.1, -0.05) is 6.42 Å². The highest BCUT2D eigenvalue weighted by molar-refractivity contribution is 4.98. The van der Waals surface area contributed by atoms with Crippen LogP contribution in [-0.4, -0.2) is 43.8 Å². The quantitative estimate of drug-likeness (QED) is 0.806. The minimum Gasteiger partial charge on any atom is -0.383 e. The van der Waals surface area contributed by atoms with Crippen molar-refractivity contribution in [3.8, 4) is 0 Å². The Balaban J connectivity index is 1.64. The molecule has 0 aromatic heterocycles. The van der Waals surface area contributed by atoms with E-state index in [0.29, 0.717) is 12.1 Å². The summed E-state index contributed by atoms with van der Waals surface area (Å²) in [7, 11) is 1.84. The van der Waals surface area contributed by atoms with Crippen molar-refractivity contribution in [3.63, 3.8) is 0 Å². The third-order valence-electron chi connectivity index (χ3n) is 5.15. The van der Waals surface area contributed by atoms with E-state index in [1.165, 1.54) is 45.2 Å². The van der Waals surface area contributed by atoms with Crippen LogP contribution in [0.5, 0.6) is 0 Å². The zero-order valence-corrected chi connectivity index (χ0v) is 11.0. The number of hydrogen-bond donors (Lipinski definition) is 1. The predicted octanol–water partition coefficient (Wildman–Crippen LogP) is 1.47. The minimum absolute atomic E-state index is 0.459. The number of ether oxygens (including phenoxy) is 1. The number of methoxy groups -OCH3 is 1. The molecule has 0 aromatic rings. The molecule has 2 N–H and O–H groups in total. The van der Waals surface area contributed by atoms with Gasteiger partial charge in [-0.3, -0.25) is 4.90 Å². The highest BCUT2D eigenvalue weighted by atomic mass is 16.5. The van der Waals surface area contributed by atoms with Crippen LogP contribution in [0.4, 0.5) is 0 Å². The van der Waals surface area contributed by atoms with Crippen LogP contribution in [-0.2, 0) is 4.74 Å². The number of nitrogens with zero attached hydrogens (tertiary/aromatic N) is 1. The normalized spacial score (nSPS) is 40.2. The fourth-order valence-electron chi connectivity index (χ4n) is 4.01. The average molecular weight is 238 g/mol.